The Kier molecular flexibility index (Phi) is 3.24. The van der Waals surface area contributed by atoms with Gasteiger partial charge in [-0.25, -0.2) is 17.6 Å². The molecule has 20 heavy (non-hydrogen) atoms. The highest BCUT2D eigenvalue weighted by Gasteiger charge is 2.25. The molecule has 0 saturated carbocycles. The molecule has 0 aliphatic heterocycles. The summed E-state index contributed by atoms with van der Waals surface area (Å²) in [6.07, 6.45) is 0. The molecule has 0 aliphatic rings. The van der Waals surface area contributed by atoms with Gasteiger partial charge in [0.2, 0.25) is 11.6 Å². The third-order valence-electron chi connectivity index (χ3n) is 2.56. The van der Waals surface area contributed by atoms with Crippen molar-refractivity contribution in [3.05, 3.63) is 47.0 Å². The van der Waals surface area contributed by atoms with Crippen LogP contribution in [0.4, 0.5) is 26.3 Å². The number of aromatic hydroxyl groups is 2. The molecule has 0 spiro atoms. The molecule has 0 aliphatic carbocycles. The lowest BCUT2D eigenvalue weighted by Gasteiger charge is -2.09. The van der Waals surface area contributed by atoms with E-state index in [1.54, 1.807) is 0 Å². The quantitative estimate of drug-likeness (QED) is 0.623. The van der Waals surface area contributed by atoms with Crippen molar-refractivity contribution in [2.75, 3.05) is 0 Å². The maximum absolute atomic E-state index is 13.5. The lowest BCUT2D eigenvalue weighted by molar-refractivity contribution is 0.373. The molecule has 106 valence electrons. The summed E-state index contributed by atoms with van der Waals surface area (Å²) in [7, 11) is 0. The van der Waals surface area contributed by atoms with Gasteiger partial charge in [0.15, 0.2) is 34.8 Å². The van der Waals surface area contributed by atoms with Gasteiger partial charge >= 0.3 is 0 Å². The summed E-state index contributed by atoms with van der Waals surface area (Å²) in [5.74, 6) is -14.4. The zero-order valence-corrected chi connectivity index (χ0v) is 9.32. The molecular formula is C12H4F6O2. The van der Waals surface area contributed by atoms with Gasteiger partial charge in [0.05, 0.1) is 0 Å². The largest absolute Gasteiger partial charge is 0.503 e. The number of hydrogen-bond donors (Lipinski definition) is 2. The topological polar surface area (TPSA) is 40.5 Å². The summed E-state index contributed by atoms with van der Waals surface area (Å²) in [6, 6.07) is 0.307. The Bertz CT molecular complexity index is 653. The van der Waals surface area contributed by atoms with E-state index in [4.69, 9.17) is 10.2 Å². The number of benzene rings is 2. The highest BCUT2D eigenvalue weighted by atomic mass is 19.2. The van der Waals surface area contributed by atoms with Crippen molar-refractivity contribution < 1.29 is 36.6 Å². The summed E-state index contributed by atoms with van der Waals surface area (Å²) in [5, 5.41) is 17.8. The minimum Gasteiger partial charge on any atom is -0.503 e. The maximum atomic E-state index is 13.5. The van der Waals surface area contributed by atoms with E-state index in [1.165, 1.54) is 0 Å². The first kappa shape index (κ1) is 14.0. The number of rotatable bonds is 1. The molecule has 0 saturated heterocycles. The van der Waals surface area contributed by atoms with Crippen LogP contribution in [0, 0.1) is 34.9 Å². The van der Waals surface area contributed by atoms with E-state index in [0.29, 0.717) is 0 Å². The van der Waals surface area contributed by atoms with Crippen molar-refractivity contribution in [2.45, 2.75) is 0 Å². The normalized spacial score (nSPS) is 10.9. The van der Waals surface area contributed by atoms with Crippen LogP contribution in [0.3, 0.4) is 0 Å². The fourth-order valence-corrected chi connectivity index (χ4v) is 1.57. The molecule has 2 rings (SSSR count). The van der Waals surface area contributed by atoms with Gasteiger partial charge in [-0.2, -0.15) is 8.78 Å². The minimum absolute atomic E-state index is 0.124. The fraction of sp³-hybridized carbons (Fsp3) is 0. The first-order valence-electron chi connectivity index (χ1n) is 4.99. The van der Waals surface area contributed by atoms with Crippen LogP contribution in [0.5, 0.6) is 11.5 Å². The SMILES string of the molecule is Oc1c(F)c(F)cc(-c2cc(F)c(O)c(F)c2F)c1F. The molecule has 0 amide bonds. The summed E-state index contributed by atoms with van der Waals surface area (Å²) in [4.78, 5) is 0. The van der Waals surface area contributed by atoms with Crippen LogP contribution in [-0.4, -0.2) is 10.2 Å². The number of halogens is 6. The van der Waals surface area contributed by atoms with E-state index in [-0.39, 0.29) is 12.1 Å². The molecule has 0 aromatic heterocycles. The van der Waals surface area contributed by atoms with Gasteiger partial charge in [-0.3, -0.25) is 0 Å². The van der Waals surface area contributed by atoms with Crippen molar-refractivity contribution >= 4 is 0 Å². The van der Waals surface area contributed by atoms with Crippen LogP contribution < -0.4 is 0 Å². The molecule has 0 atom stereocenters. The molecule has 0 radical (unpaired) electrons. The minimum atomic E-state index is -2.02. The standard InChI is InChI=1S/C12H4F6O2/c13-5-1-4(8(16)12(20)9(5)17)3-2-6(14)11(19)10(18)7(3)15/h1-2,19-20H. The maximum Gasteiger partial charge on any atom is 0.204 e. The van der Waals surface area contributed by atoms with Gasteiger partial charge in [-0.15, -0.1) is 0 Å². The Morgan fingerprint density at radius 2 is 1.05 bits per heavy atom. The van der Waals surface area contributed by atoms with E-state index >= 15 is 0 Å². The first-order valence-corrected chi connectivity index (χ1v) is 4.99. The van der Waals surface area contributed by atoms with Crippen LogP contribution in [0.15, 0.2) is 12.1 Å². The number of phenols is 2. The molecule has 0 fully saturated rings. The molecule has 2 N–H and O–H groups in total. The summed E-state index contributed by atoms with van der Waals surface area (Å²) in [5.41, 5.74) is -2.22. The average Bonchev–Trinajstić information content (AvgIpc) is 2.42. The van der Waals surface area contributed by atoms with Gasteiger partial charge in [0.1, 0.15) is 0 Å². The Balaban J connectivity index is 2.83. The molecule has 0 unspecified atom stereocenters. The van der Waals surface area contributed by atoms with Crippen molar-refractivity contribution in [3.8, 4) is 22.6 Å². The molecule has 0 heterocycles. The molecule has 2 nitrogen and oxygen atoms in total. The second kappa shape index (κ2) is 4.62. The van der Waals surface area contributed by atoms with E-state index in [1.807, 2.05) is 0 Å². The monoisotopic (exact) mass is 294 g/mol. The van der Waals surface area contributed by atoms with Crippen molar-refractivity contribution in [3.63, 3.8) is 0 Å². The summed E-state index contributed by atoms with van der Waals surface area (Å²) < 4.78 is 79.2. The zero-order chi connectivity index (χ0) is 15.2. The fourth-order valence-electron chi connectivity index (χ4n) is 1.57. The highest BCUT2D eigenvalue weighted by Crippen LogP contribution is 2.37. The van der Waals surface area contributed by atoms with Gasteiger partial charge in [-0.1, -0.05) is 0 Å². The Hall–Kier alpha value is -2.38. The molecule has 0 bridgehead atoms. The molecule has 8 heteroatoms. The zero-order valence-electron chi connectivity index (χ0n) is 9.32. The second-order valence-corrected chi connectivity index (χ2v) is 3.77. The van der Waals surface area contributed by atoms with Crippen LogP contribution in [-0.2, 0) is 0 Å². The van der Waals surface area contributed by atoms with Gasteiger partial charge in [0.25, 0.3) is 0 Å². The number of phenolic OH excluding ortho intramolecular Hbond substituents is 2. The Morgan fingerprint density at radius 1 is 0.550 bits per heavy atom. The van der Waals surface area contributed by atoms with Gasteiger partial charge in [0, 0.05) is 11.1 Å². The molecular weight excluding hydrogens is 290 g/mol. The van der Waals surface area contributed by atoms with E-state index in [2.05, 4.69) is 0 Å². The summed E-state index contributed by atoms with van der Waals surface area (Å²) in [6.45, 7) is 0. The predicted octanol–water partition coefficient (Wildman–Crippen LogP) is 3.60. The van der Waals surface area contributed by atoms with Crippen molar-refractivity contribution in [1.82, 2.24) is 0 Å². The van der Waals surface area contributed by atoms with Gasteiger partial charge < -0.3 is 10.2 Å². The average molecular weight is 294 g/mol. The van der Waals surface area contributed by atoms with E-state index in [9.17, 15) is 26.3 Å². The Morgan fingerprint density at radius 3 is 1.65 bits per heavy atom. The lowest BCUT2D eigenvalue weighted by Crippen LogP contribution is -1.98. The second-order valence-electron chi connectivity index (χ2n) is 3.77. The number of hydrogen-bond acceptors (Lipinski definition) is 2. The first-order chi connectivity index (χ1) is 9.25. The van der Waals surface area contributed by atoms with Gasteiger partial charge in [-0.05, 0) is 12.1 Å². The third kappa shape index (κ3) is 1.93. The van der Waals surface area contributed by atoms with E-state index in [0.717, 1.165) is 0 Å². The van der Waals surface area contributed by atoms with Crippen LogP contribution in [0.2, 0.25) is 0 Å². The third-order valence-corrected chi connectivity index (χ3v) is 2.56. The van der Waals surface area contributed by atoms with Crippen LogP contribution in [0.25, 0.3) is 11.1 Å². The Labute approximate surface area is 107 Å². The molecule has 2 aromatic rings. The van der Waals surface area contributed by atoms with Crippen LogP contribution >= 0.6 is 0 Å². The van der Waals surface area contributed by atoms with Crippen molar-refractivity contribution in [2.24, 2.45) is 0 Å². The van der Waals surface area contributed by atoms with E-state index < -0.39 is 57.5 Å². The summed E-state index contributed by atoms with van der Waals surface area (Å²) >= 11 is 0. The predicted molar refractivity (Wildman–Crippen MR) is 55.0 cm³/mol. The van der Waals surface area contributed by atoms with Crippen molar-refractivity contribution in [1.29, 1.82) is 0 Å². The lowest BCUT2D eigenvalue weighted by atomic mass is 10.0. The smallest absolute Gasteiger partial charge is 0.204 e. The molecule has 2 aromatic carbocycles. The highest BCUT2D eigenvalue weighted by molar-refractivity contribution is 5.68. The van der Waals surface area contributed by atoms with Crippen LogP contribution in [0.1, 0.15) is 0 Å².